The summed E-state index contributed by atoms with van der Waals surface area (Å²) in [5.41, 5.74) is 8.15. The zero-order valence-corrected chi connectivity index (χ0v) is 10.1. The summed E-state index contributed by atoms with van der Waals surface area (Å²) in [6, 6.07) is 7.44. The Morgan fingerprint density at radius 3 is 2.95 bits per heavy atom. The second kappa shape index (κ2) is 4.42. The predicted octanol–water partition coefficient (Wildman–Crippen LogP) is 0.782. The quantitative estimate of drug-likeness (QED) is 0.743. The molecular formula is C12H11N7. The van der Waals surface area contributed by atoms with Crippen LogP contribution >= 0.6 is 0 Å². The first kappa shape index (κ1) is 11.2. The highest BCUT2D eigenvalue weighted by molar-refractivity contribution is 5.79. The standard InChI is InChI=1S/C12H11N7/c13-8-9-1-2-10-11(7-9)19(12(14)16-10)6-5-18-4-3-15-17-18/h1-4,7H,5-6H2,(H2,14,16). The van der Waals surface area contributed by atoms with E-state index in [2.05, 4.69) is 21.4 Å². The number of nitrogens with zero attached hydrogens (tertiary/aromatic N) is 6. The molecule has 0 fully saturated rings. The van der Waals surface area contributed by atoms with Crippen molar-refractivity contribution in [2.24, 2.45) is 0 Å². The summed E-state index contributed by atoms with van der Waals surface area (Å²) in [5.74, 6) is 0.435. The minimum atomic E-state index is 0.435. The van der Waals surface area contributed by atoms with Gasteiger partial charge in [0.15, 0.2) is 0 Å². The number of nitriles is 1. The van der Waals surface area contributed by atoms with Gasteiger partial charge in [0, 0.05) is 12.7 Å². The molecule has 3 rings (SSSR count). The lowest BCUT2D eigenvalue weighted by molar-refractivity contribution is 0.529. The van der Waals surface area contributed by atoms with Crippen molar-refractivity contribution >= 4 is 17.0 Å². The molecule has 0 aliphatic heterocycles. The van der Waals surface area contributed by atoms with Gasteiger partial charge in [0.25, 0.3) is 0 Å². The molecule has 0 radical (unpaired) electrons. The lowest BCUT2D eigenvalue weighted by Gasteiger charge is -2.06. The number of anilines is 1. The highest BCUT2D eigenvalue weighted by atomic mass is 15.4. The molecule has 7 heteroatoms. The average molecular weight is 253 g/mol. The van der Waals surface area contributed by atoms with E-state index in [1.807, 2.05) is 4.57 Å². The third-order valence-electron chi connectivity index (χ3n) is 2.93. The Hall–Kier alpha value is -2.88. The van der Waals surface area contributed by atoms with Crippen molar-refractivity contribution in [3.63, 3.8) is 0 Å². The first-order valence-electron chi connectivity index (χ1n) is 5.78. The SMILES string of the molecule is N#Cc1ccc2nc(N)n(CCn3ccnn3)c2c1. The first-order chi connectivity index (χ1) is 9.28. The smallest absolute Gasteiger partial charge is 0.201 e. The van der Waals surface area contributed by atoms with E-state index in [0.29, 0.717) is 24.6 Å². The van der Waals surface area contributed by atoms with Crippen LogP contribution in [-0.4, -0.2) is 24.5 Å². The number of aromatic nitrogens is 5. The minimum absolute atomic E-state index is 0.435. The Morgan fingerprint density at radius 1 is 1.32 bits per heavy atom. The fraction of sp³-hybridized carbons (Fsp3) is 0.167. The largest absolute Gasteiger partial charge is 0.369 e. The average Bonchev–Trinajstić information content (AvgIpc) is 3.03. The molecule has 0 saturated heterocycles. The lowest BCUT2D eigenvalue weighted by atomic mass is 10.2. The third kappa shape index (κ3) is 1.99. The van der Waals surface area contributed by atoms with Crippen LogP contribution in [0.5, 0.6) is 0 Å². The number of benzene rings is 1. The van der Waals surface area contributed by atoms with Crippen LogP contribution in [0.15, 0.2) is 30.6 Å². The van der Waals surface area contributed by atoms with Crippen molar-refractivity contribution in [2.75, 3.05) is 5.73 Å². The maximum Gasteiger partial charge on any atom is 0.201 e. The zero-order chi connectivity index (χ0) is 13.2. The molecule has 2 N–H and O–H groups in total. The van der Waals surface area contributed by atoms with Crippen molar-refractivity contribution in [1.82, 2.24) is 24.5 Å². The molecule has 2 heterocycles. The number of hydrogen-bond acceptors (Lipinski definition) is 5. The van der Waals surface area contributed by atoms with E-state index >= 15 is 0 Å². The van der Waals surface area contributed by atoms with E-state index < -0.39 is 0 Å². The molecule has 0 saturated carbocycles. The first-order valence-corrected chi connectivity index (χ1v) is 5.78. The van der Waals surface area contributed by atoms with Crippen LogP contribution < -0.4 is 5.73 Å². The van der Waals surface area contributed by atoms with Crippen LogP contribution in [0.25, 0.3) is 11.0 Å². The summed E-state index contributed by atoms with van der Waals surface area (Å²) in [6.07, 6.45) is 3.42. The Balaban J connectivity index is 1.97. The summed E-state index contributed by atoms with van der Waals surface area (Å²) in [6.45, 7) is 1.27. The predicted molar refractivity (Wildman–Crippen MR) is 68.9 cm³/mol. The topological polar surface area (TPSA) is 98.3 Å². The van der Waals surface area contributed by atoms with Gasteiger partial charge < -0.3 is 10.3 Å². The zero-order valence-electron chi connectivity index (χ0n) is 10.1. The second-order valence-corrected chi connectivity index (χ2v) is 4.10. The van der Waals surface area contributed by atoms with Gasteiger partial charge in [-0.05, 0) is 18.2 Å². The summed E-state index contributed by atoms with van der Waals surface area (Å²) in [4.78, 5) is 4.27. The molecule has 0 amide bonds. The van der Waals surface area contributed by atoms with Crippen LogP contribution in [0.1, 0.15) is 5.56 Å². The molecule has 0 aliphatic carbocycles. The number of nitrogen functional groups attached to an aromatic ring is 1. The number of nitrogens with two attached hydrogens (primary N) is 1. The van der Waals surface area contributed by atoms with Gasteiger partial charge in [-0.3, -0.25) is 4.68 Å². The van der Waals surface area contributed by atoms with Gasteiger partial charge in [-0.15, -0.1) is 5.10 Å². The number of rotatable bonds is 3. The fourth-order valence-electron chi connectivity index (χ4n) is 2.00. The molecule has 3 aromatic rings. The Bertz CT molecular complexity index is 748. The van der Waals surface area contributed by atoms with E-state index in [1.165, 1.54) is 0 Å². The maximum absolute atomic E-state index is 8.94. The molecule has 0 aliphatic rings. The molecule has 0 unspecified atom stereocenters. The highest BCUT2D eigenvalue weighted by Crippen LogP contribution is 2.19. The van der Waals surface area contributed by atoms with E-state index in [-0.39, 0.29) is 0 Å². The fourth-order valence-corrected chi connectivity index (χ4v) is 2.00. The van der Waals surface area contributed by atoms with E-state index in [9.17, 15) is 0 Å². The third-order valence-corrected chi connectivity index (χ3v) is 2.93. The van der Waals surface area contributed by atoms with Crippen LogP contribution in [0.2, 0.25) is 0 Å². The van der Waals surface area contributed by atoms with Gasteiger partial charge in [0.1, 0.15) is 0 Å². The van der Waals surface area contributed by atoms with Crippen molar-refractivity contribution in [3.8, 4) is 6.07 Å². The maximum atomic E-state index is 8.94. The van der Waals surface area contributed by atoms with Crippen LogP contribution in [0.4, 0.5) is 5.95 Å². The number of aryl methyl sites for hydroxylation is 2. The monoisotopic (exact) mass is 253 g/mol. The Morgan fingerprint density at radius 2 is 2.21 bits per heavy atom. The lowest BCUT2D eigenvalue weighted by Crippen LogP contribution is -2.10. The van der Waals surface area contributed by atoms with Gasteiger partial charge in [0.2, 0.25) is 5.95 Å². The van der Waals surface area contributed by atoms with Gasteiger partial charge in [-0.2, -0.15) is 5.26 Å². The molecule has 1 aromatic carbocycles. The summed E-state index contributed by atoms with van der Waals surface area (Å²) in [7, 11) is 0. The van der Waals surface area contributed by atoms with Gasteiger partial charge in [-0.25, -0.2) is 4.98 Å². The van der Waals surface area contributed by atoms with Crippen LogP contribution in [-0.2, 0) is 13.1 Å². The van der Waals surface area contributed by atoms with E-state index in [1.54, 1.807) is 35.3 Å². The minimum Gasteiger partial charge on any atom is -0.369 e. The number of hydrogen-bond donors (Lipinski definition) is 1. The molecule has 19 heavy (non-hydrogen) atoms. The highest BCUT2D eigenvalue weighted by Gasteiger charge is 2.08. The summed E-state index contributed by atoms with van der Waals surface area (Å²) < 4.78 is 3.59. The molecule has 0 spiro atoms. The van der Waals surface area contributed by atoms with Gasteiger partial charge >= 0.3 is 0 Å². The van der Waals surface area contributed by atoms with E-state index in [0.717, 1.165) is 11.0 Å². The van der Waals surface area contributed by atoms with Crippen LogP contribution in [0, 0.1) is 11.3 Å². The normalized spacial score (nSPS) is 10.7. The van der Waals surface area contributed by atoms with Crippen molar-refractivity contribution < 1.29 is 0 Å². The summed E-state index contributed by atoms with van der Waals surface area (Å²) >= 11 is 0. The number of fused-ring (bicyclic) bond motifs is 1. The van der Waals surface area contributed by atoms with Gasteiger partial charge in [0.05, 0.1) is 35.4 Å². The molecular weight excluding hydrogens is 242 g/mol. The number of imidazole rings is 1. The van der Waals surface area contributed by atoms with Crippen LogP contribution in [0.3, 0.4) is 0 Å². The Labute approximate surface area is 108 Å². The van der Waals surface area contributed by atoms with Gasteiger partial charge in [-0.1, -0.05) is 5.21 Å². The van der Waals surface area contributed by atoms with Crippen molar-refractivity contribution in [2.45, 2.75) is 13.1 Å². The van der Waals surface area contributed by atoms with Crippen molar-refractivity contribution in [1.29, 1.82) is 5.26 Å². The Kier molecular flexibility index (Phi) is 2.61. The summed E-state index contributed by atoms with van der Waals surface area (Å²) in [5, 5.41) is 16.6. The molecule has 0 atom stereocenters. The van der Waals surface area contributed by atoms with E-state index in [4.69, 9.17) is 11.0 Å². The molecule has 2 aromatic heterocycles. The molecule has 0 bridgehead atoms. The molecule has 7 nitrogen and oxygen atoms in total. The second-order valence-electron chi connectivity index (χ2n) is 4.10. The van der Waals surface area contributed by atoms with Crippen molar-refractivity contribution in [3.05, 3.63) is 36.2 Å². The molecule has 94 valence electrons.